The lowest BCUT2D eigenvalue weighted by molar-refractivity contribution is -0.384. The molecule has 8 heteroatoms. The van der Waals surface area contributed by atoms with Gasteiger partial charge in [0.1, 0.15) is 4.83 Å². The highest BCUT2D eigenvalue weighted by molar-refractivity contribution is 7.98. The van der Waals surface area contributed by atoms with Crippen LogP contribution in [-0.4, -0.2) is 14.5 Å². The predicted molar refractivity (Wildman–Crippen MR) is 134 cm³/mol. The molecule has 0 atom stereocenters. The van der Waals surface area contributed by atoms with E-state index in [0.29, 0.717) is 10.9 Å². The standard InChI is InChI=1S/C25H23N3O3S2/c1-15-7-8-16(2)20(13-15)27-24(29)22-19-5-3-4-6-21(19)33-23(22)26-25(27)32-14-17-9-11-18(12-10-17)28(30)31/h7-13H,3-6,14H2,1-2H3. The van der Waals surface area contributed by atoms with E-state index in [0.717, 1.165) is 58.3 Å². The van der Waals surface area contributed by atoms with Gasteiger partial charge in [-0.15, -0.1) is 11.3 Å². The van der Waals surface area contributed by atoms with Crippen molar-refractivity contribution in [1.29, 1.82) is 0 Å². The SMILES string of the molecule is Cc1ccc(C)c(-n2c(SCc3ccc([N+](=O)[O-])cc3)nc3sc4c(c3c2=O)CCCC4)c1. The van der Waals surface area contributed by atoms with Crippen LogP contribution in [0.15, 0.2) is 52.4 Å². The van der Waals surface area contributed by atoms with Gasteiger partial charge in [0.25, 0.3) is 11.2 Å². The van der Waals surface area contributed by atoms with E-state index in [-0.39, 0.29) is 11.2 Å². The van der Waals surface area contributed by atoms with Crippen molar-refractivity contribution in [3.05, 3.63) is 90.1 Å². The van der Waals surface area contributed by atoms with E-state index in [1.54, 1.807) is 28.0 Å². The first-order valence-corrected chi connectivity index (χ1v) is 12.7. The molecule has 0 bridgehead atoms. The molecule has 0 radical (unpaired) electrons. The number of hydrogen-bond acceptors (Lipinski definition) is 6. The zero-order chi connectivity index (χ0) is 23.1. The summed E-state index contributed by atoms with van der Waals surface area (Å²) in [6, 6.07) is 12.7. The molecule has 0 saturated heterocycles. The molecule has 168 valence electrons. The first-order valence-electron chi connectivity index (χ1n) is 10.9. The van der Waals surface area contributed by atoms with Gasteiger partial charge in [-0.1, -0.05) is 36.0 Å². The Morgan fingerprint density at radius 1 is 1.12 bits per heavy atom. The smallest absolute Gasteiger partial charge is 0.268 e. The van der Waals surface area contributed by atoms with Crippen molar-refractivity contribution in [2.45, 2.75) is 50.4 Å². The van der Waals surface area contributed by atoms with Crippen molar-refractivity contribution in [1.82, 2.24) is 9.55 Å². The van der Waals surface area contributed by atoms with Gasteiger partial charge in [-0.3, -0.25) is 19.5 Å². The number of nitro groups is 1. The lowest BCUT2D eigenvalue weighted by atomic mass is 9.97. The zero-order valence-corrected chi connectivity index (χ0v) is 20.1. The summed E-state index contributed by atoms with van der Waals surface area (Å²) < 4.78 is 1.77. The third-order valence-corrected chi connectivity index (χ3v) is 8.27. The summed E-state index contributed by atoms with van der Waals surface area (Å²) in [5.74, 6) is 0.561. The fraction of sp³-hybridized carbons (Fsp3) is 0.280. The molecule has 1 aliphatic carbocycles. The van der Waals surface area contributed by atoms with E-state index in [9.17, 15) is 14.9 Å². The number of thioether (sulfide) groups is 1. The van der Waals surface area contributed by atoms with Gasteiger partial charge in [0.05, 0.1) is 16.0 Å². The van der Waals surface area contributed by atoms with Gasteiger partial charge in [-0.05, 0) is 67.9 Å². The van der Waals surface area contributed by atoms with E-state index in [4.69, 9.17) is 4.98 Å². The molecular weight excluding hydrogens is 454 g/mol. The molecule has 33 heavy (non-hydrogen) atoms. The van der Waals surface area contributed by atoms with Gasteiger partial charge >= 0.3 is 0 Å². The summed E-state index contributed by atoms with van der Waals surface area (Å²) >= 11 is 3.14. The maximum Gasteiger partial charge on any atom is 0.269 e. The third kappa shape index (κ3) is 4.09. The van der Waals surface area contributed by atoms with Crippen LogP contribution in [0.4, 0.5) is 5.69 Å². The lowest BCUT2D eigenvalue weighted by Crippen LogP contribution is -2.23. The number of nitro benzene ring substituents is 1. The minimum absolute atomic E-state index is 0.000649. The number of thiophene rings is 1. The first kappa shape index (κ1) is 21.9. The van der Waals surface area contributed by atoms with Gasteiger partial charge in [-0.25, -0.2) is 4.98 Å². The lowest BCUT2D eigenvalue weighted by Gasteiger charge is -2.16. The van der Waals surface area contributed by atoms with Gasteiger partial charge in [-0.2, -0.15) is 0 Å². The Hall–Kier alpha value is -2.97. The highest BCUT2D eigenvalue weighted by Crippen LogP contribution is 2.36. The minimum atomic E-state index is -0.400. The van der Waals surface area contributed by atoms with Crippen molar-refractivity contribution in [2.75, 3.05) is 0 Å². The Labute approximate surface area is 199 Å². The summed E-state index contributed by atoms with van der Waals surface area (Å²) in [5.41, 5.74) is 5.16. The zero-order valence-electron chi connectivity index (χ0n) is 18.5. The van der Waals surface area contributed by atoms with Crippen molar-refractivity contribution in [2.24, 2.45) is 0 Å². The number of nitrogens with zero attached hydrogens (tertiary/aromatic N) is 3. The highest BCUT2D eigenvalue weighted by atomic mass is 32.2. The van der Waals surface area contributed by atoms with Crippen LogP contribution in [0.2, 0.25) is 0 Å². The Morgan fingerprint density at radius 3 is 2.64 bits per heavy atom. The Bertz CT molecular complexity index is 1440. The maximum atomic E-state index is 13.9. The van der Waals surface area contributed by atoms with Crippen LogP contribution in [0, 0.1) is 24.0 Å². The topological polar surface area (TPSA) is 78.0 Å². The van der Waals surface area contributed by atoms with E-state index >= 15 is 0 Å². The summed E-state index contributed by atoms with van der Waals surface area (Å²) in [6.45, 7) is 4.04. The van der Waals surface area contributed by atoms with Crippen molar-refractivity contribution in [3.8, 4) is 5.69 Å². The number of hydrogen-bond donors (Lipinski definition) is 0. The second-order valence-corrected chi connectivity index (χ2v) is 10.5. The number of non-ortho nitro benzene ring substituents is 1. The fourth-order valence-electron chi connectivity index (χ4n) is 4.32. The van der Waals surface area contributed by atoms with E-state index in [1.165, 1.54) is 34.3 Å². The minimum Gasteiger partial charge on any atom is -0.268 e. The number of benzene rings is 2. The Balaban J connectivity index is 1.64. The van der Waals surface area contributed by atoms with E-state index < -0.39 is 4.92 Å². The molecule has 1 aliphatic rings. The molecule has 0 spiro atoms. The van der Waals surface area contributed by atoms with Crippen LogP contribution >= 0.6 is 23.1 Å². The van der Waals surface area contributed by atoms with Crippen molar-refractivity contribution in [3.63, 3.8) is 0 Å². The number of aryl methyl sites for hydroxylation is 4. The number of fused-ring (bicyclic) bond motifs is 3. The second-order valence-electron chi connectivity index (χ2n) is 8.43. The molecule has 0 fully saturated rings. The van der Waals surface area contributed by atoms with Crippen LogP contribution in [-0.2, 0) is 18.6 Å². The average molecular weight is 478 g/mol. The quantitative estimate of drug-likeness (QED) is 0.149. The molecule has 0 saturated carbocycles. The van der Waals surface area contributed by atoms with Crippen LogP contribution in [0.25, 0.3) is 15.9 Å². The molecule has 2 aromatic heterocycles. The summed E-state index contributed by atoms with van der Waals surface area (Å²) in [5, 5.41) is 12.4. The van der Waals surface area contributed by atoms with Crippen LogP contribution in [0.1, 0.15) is 40.0 Å². The largest absolute Gasteiger partial charge is 0.269 e. The summed E-state index contributed by atoms with van der Waals surface area (Å²) in [7, 11) is 0. The summed E-state index contributed by atoms with van der Waals surface area (Å²) in [6.07, 6.45) is 4.23. The number of aromatic nitrogens is 2. The molecule has 4 aromatic rings. The molecule has 0 unspecified atom stereocenters. The van der Waals surface area contributed by atoms with Crippen molar-refractivity contribution >= 4 is 39.0 Å². The highest BCUT2D eigenvalue weighted by Gasteiger charge is 2.23. The molecule has 0 amide bonds. The molecule has 2 aromatic carbocycles. The van der Waals surface area contributed by atoms with Crippen molar-refractivity contribution < 1.29 is 4.92 Å². The van der Waals surface area contributed by atoms with Gasteiger partial charge in [0, 0.05) is 22.8 Å². The molecule has 5 rings (SSSR count). The summed E-state index contributed by atoms with van der Waals surface area (Å²) in [4.78, 5) is 31.6. The molecule has 0 N–H and O–H groups in total. The van der Waals surface area contributed by atoms with E-state index in [2.05, 4.69) is 0 Å². The Morgan fingerprint density at radius 2 is 1.88 bits per heavy atom. The molecule has 6 nitrogen and oxygen atoms in total. The molecular formula is C25H23N3O3S2. The third-order valence-electron chi connectivity index (χ3n) is 6.08. The average Bonchev–Trinajstić information content (AvgIpc) is 3.18. The molecule has 0 aliphatic heterocycles. The predicted octanol–water partition coefficient (Wildman–Crippen LogP) is 6.14. The van der Waals surface area contributed by atoms with E-state index in [1.807, 2.05) is 32.0 Å². The maximum absolute atomic E-state index is 13.9. The fourth-order valence-corrected chi connectivity index (χ4v) is 6.58. The van der Waals surface area contributed by atoms with Crippen LogP contribution in [0.3, 0.4) is 0 Å². The normalized spacial score (nSPS) is 13.3. The van der Waals surface area contributed by atoms with Gasteiger partial charge in [0.15, 0.2) is 5.16 Å². The van der Waals surface area contributed by atoms with Crippen LogP contribution < -0.4 is 5.56 Å². The molecule has 2 heterocycles. The van der Waals surface area contributed by atoms with Gasteiger partial charge < -0.3 is 0 Å². The number of rotatable bonds is 5. The Kier molecular flexibility index (Phi) is 5.80. The monoisotopic (exact) mass is 477 g/mol. The first-order chi connectivity index (χ1) is 15.9. The second kappa shape index (κ2) is 8.76. The van der Waals surface area contributed by atoms with Gasteiger partial charge in [0.2, 0.25) is 0 Å². The van der Waals surface area contributed by atoms with Crippen LogP contribution in [0.5, 0.6) is 0 Å².